The van der Waals surface area contributed by atoms with E-state index in [0.717, 1.165) is 27.2 Å². The molecule has 1 aromatic carbocycles. The van der Waals surface area contributed by atoms with Crippen LogP contribution in [-0.2, 0) is 26.2 Å². The number of nitrogens with zero attached hydrogens (tertiary/aromatic N) is 3. The highest BCUT2D eigenvalue weighted by Crippen LogP contribution is 2.21. The largest absolute Gasteiger partial charge is 0.347 e. The molecule has 7 nitrogen and oxygen atoms in total. The third-order valence-electron chi connectivity index (χ3n) is 5.59. The molecule has 0 bridgehead atoms. The predicted octanol–water partition coefficient (Wildman–Crippen LogP) is 2.92. The number of amides is 2. The zero-order chi connectivity index (χ0) is 21.7. The number of para-hydroxylation sites is 1. The van der Waals surface area contributed by atoms with Crippen LogP contribution >= 0.6 is 0 Å². The Kier molecular flexibility index (Phi) is 7.18. The van der Waals surface area contributed by atoms with Gasteiger partial charge in [0.1, 0.15) is 0 Å². The molecule has 8 heteroatoms. The number of rotatable bonds is 10. The number of carbonyl (C=O) groups is 2. The van der Waals surface area contributed by atoms with Crippen LogP contribution in [0.5, 0.6) is 0 Å². The highest BCUT2D eigenvalue weighted by atomic mass is 32.2. The lowest BCUT2D eigenvalue weighted by atomic mass is 10.2. The molecule has 2 amide bonds. The minimum atomic E-state index is -3.65. The van der Waals surface area contributed by atoms with Gasteiger partial charge in [-0.1, -0.05) is 25.1 Å². The van der Waals surface area contributed by atoms with Gasteiger partial charge in [0.05, 0.1) is 5.75 Å². The van der Waals surface area contributed by atoms with E-state index in [-0.39, 0.29) is 30.5 Å². The Bertz CT molecular complexity index is 1010. The molecule has 2 aromatic rings. The SMILES string of the molecule is CCCS(=O)(=O)N(CCCN1CCCC1=O)C(=O)CCn1cc(C)c2ccccc21. The van der Waals surface area contributed by atoms with E-state index in [1.165, 1.54) is 0 Å². The molecule has 0 atom stereocenters. The van der Waals surface area contributed by atoms with Crippen LogP contribution in [0, 0.1) is 6.92 Å². The number of fused-ring (bicyclic) bond motifs is 1. The van der Waals surface area contributed by atoms with E-state index in [2.05, 4.69) is 0 Å². The molecule has 0 radical (unpaired) electrons. The van der Waals surface area contributed by atoms with Crippen LogP contribution in [0.25, 0.3) is 10.9 Å². The van der Waals surface area contributed by atoms with Gasteiger partial charge in [-0.2, -0.15) is 0 Å². The van der Waals surface area contributed by atoms with Gasteiger partial charge in [0.15, 0.2) is 0 Å². The fourth-order valence-electron chi connectivity index (χ4n) is 4.09. The number of hydrogen-bond donors (Lipinski definition) is 0. The molecule has 3 rings (SSSR count). The molecule has 0 saturated carbocycles. The van der Waals surface area contributed by atoms with Gasteiger partial charge in [-0.25, -0.2) is 12.7 Å². The predicted molar refractivity (Wildman–Crippen MR) is 118 cm³/mol. The summed E-state index contributed by atoms with van der Waals surface area (Å²) in [5.41, 5.74) is 2.17. The van der Waals surface area contributed by atoms with Crippen molar-refractivity contribution in [2.75, 3.05) is 25.4 Å². The molecule has 0 N–H and O–H groups in total. The minimum Gasteiger partial charge on any atom is -0.347 e. The highest BCUT2D eigenvalue weighted by Gasteiger charge is 2.27. The van der Waals surface area contributed by atoms with E-state index in [1.54, 1.807) is 11.8 Å². The second-order valence-electron chi connectivity index (χ2n) is 7.89. The number of aryl methyl sites for hydroxylation is 2. The van der Waals surface area contributed by atoms with Crippen molar-refractivity contribution in [1.82, 2.24) is 13.8 Å². The van der Waals surface area contributed by atoms with Crippen LogP contribution in [0.15, 0.2) is 30.5 Å². The Balaban J connectivity index is 1.67. The molecule has 0 aliphatic carbocycles. The number of sulfonamides is 1. The van der Waals surface area contributed by atoms with Gasteiger partial charge in [-0.3, -0.25) is 9.59 Å². The number of likely N-dealkylation sites (tertiary alicyclic amines) is 1. The summed E-state index contributed by atoms with van der Waals surface area (Å²) in [4.78, 5) is 26.5. The fraction of sp³-hybridized carbons (Fsp3) is 0.545. The van der Waals surface area contributed by atoms with Crippen molar-refractivity contribution >= 4 is 32.7 Å². The quantitative estimate of drug-likeness (QED) is 0.577. The Hall–Kier alpha value is -2.35. The number of hydrogen-bond acceptors (Lipinski definition) is 4. The van der Waals surface area contributed by atoms with Crippen LogP contribution in [0.3, 0.4) is 0 Å². The summed E-state index contributed by atoms with van der Waals surface area (Å²) < 4.78 is 28.5. The number of aromatic nitrogens is 1. The summed E-state index contributed by atoms with van der Waals surface area (Å²) in [7, 11) is -3.65. The molecule has 2 heterocycles. The average molecular weight is 434 g/mol. The van der Waals surface area contributed by atoms with Crippen LogP contribution in [0.2, 0.25) is 0 Å². The molecule has 1 aromatic heterocycles. The van der Waals surface area contributed by atoms with E-state index in [1.807, 2.05) is 42.0 Å². The van der Waals surface area contributed by atoms with Gasteiger partial charge in [0.25, 0.3) is 0 Å². The lowest BCUT2D eigenvalue weighted by Gasteiger charge is -2.24. The summed E-state index contributed by atoms with van der Waals surface area (Å²) in [6, 6.07) is 7.98. The first kappa shape index (κ1) is 22.3. The summed E-state index contributed by atoms with van der Waals surface area (Å²) in [5, 5.41) is 1.13. The molecule has 0 unspecified atom stereocenters. The zero-order valence-corrected chi connectivity index (χ0v) is 18.7. The Morgan fingerprint density at radius 1 is 1.20 bits per heavy atom. The third-order valence-corrected chi connectivity index (χ3v) is 7.57. The smallest absolute Gasteiger partial charge is 0.237 e. The molecule has 0 spiro atoms. The van der Waals surface area contributed by atoms with E-state index in [0.29, 0.717) is 38.9 Å². The molecule has 1 saturated heterocycles. The zero-order valence-electron chi connectivity index (χ0n) is 17.8. The lowest BCUT2D eigenvalue weighted by molar-refractivity contribution is -0.127. The highest BCUT2D eigenvalue weighted by molar-refractivity contribution is 7.89. The van der Waals surface area contributed by atoms with Crippen molar-refractivity contribution in [3.63, 3.8) is 0 Å². The van der Waals surface area contributed by atoms with Gasteiger partial charge in [0, 0.05) is 56.1 Å². The van der Waals surface area contributed by atoms with Crippen molar-refractivity contribution < 1.29 is 18.0 Å². The van der Waals surface area contributed by atoms with Crippen LogP contribution in [-0.4, -0.2) is 59.4 Å². The van der Waals surface area contributed by atoms with Gasteiger partial charge in [0.2, 0.25) is 21.8 Å². The van der Waals surface area contributed by atoms with Crippen molar-refractivity contribution in [1.29, 1.82) is 0 Å². The summed E-state index contributed by atoms with van der Waals surface area (Å²) in [5.74, 6) is -0.321. The lowest BCUT2D eigenvalue weighted by Crippen LogP contribution is -2.40. The topological polar surface area (TPSA) is 79.7 Å². The second kappa shape index (κ2) is 9.64. The Labute approximate surface area is 178 Å². The average Bonchev–Trinajstić information content (AvgIpc) is 3.26. The normalized spacial score (nSPS) is 14.6. The number of benzene rings is 1. The van der Waals surface area contributed by atoms with Gasteiger partial charge < -0.3 is 9.47 Å². The van der Waals surface area contributed by atoms with E-state index >= 15 is 0 Å². The van der Waals surface area contributed by atoms with E-state index in [4.69, 9.17) is 0 Å². The monoisotopic (exact) mass is 433 g/mol. The molecule has 1 fully saturated rings. The molecule has 1 aliphatic heterocycles. The van der Waals surface area contributed by atoms with Crippen molar-refractivity contribution in [2.45, 2.75) is 52.5 Å². The Morgan fingerprint density at radius 2 is 1.97 bits per heavy atom. The van der Waals surface area contributed by atoms with Crippen LogP contribution < -0.4 is 0 Å². The summed E-state index contributed by atoms with van der Waals surface area (Å²) in [6.45, 7) is 5.57. The third kappa shape index (κ3) is 5.03. The Morgan fingerprint density at radius 3 is 2.67 bits per heavy atom. The van der Waals surface area contributed by atoms with Gasteiger partial charge >= 0.3 is 0 Å². The first-order chi connectivity index (χ1) is 14.3. The summed E-state index contributed by atoms with van der Waals surface area (Å²) in [6.07, 6.45) is 4.44. The van der Waals surface area contributed by atoms with E-state index in [9.17, 15) is 18.0 Å². The van der Waals surface area contributed by atoms with Crippen LogP contribution in [0.1, 0.15) is 44.6 Å². The maximum absolute atomic E-state index is 12.9. The van der Waals surface area contributed by atoms with Crippen molar-refractivity contribution in [2.24, 2.45) is 0 Å². The maximum atomic E-state index is 12.9. The number of carbonyl (C=O) groups excluding carboxylic acids is 2. The maximum Gasteiger partial charge on any atom is 0.237 e. The van der Waals surface area contributed by atoms with E-state index < -0.39 is 10.0 Å². The standard InChI is InChI=1S/C22H31N3O4S/c1-3-16-30(28,29)25(14-7-13-23-12-6-10-21(23)26)22(27)11-15-24-17-18(2)19-8-4-5-9-20(19)24/h4-5,8-9,17H,3,6-7,10-16H2,1-2H3. The fourth-order valence-corrected chi connectivity index (χ4v) is 5.63. The second-order valence-corrected chi connectivity index (χ2v) is 9.91. The molecular weight excluding hydrogens is 402 g/mol. The first-order valence-corrected chi connectivity index (χ1v) is 12.3. The van der Waals surface area contributed by atoms with Gasteiger partial charge in [-0.05, 0) is 37.8 Å². The molecule has 164 valence electrons. The molecule has 30 heavy (non-hydrogen) atoms. The first-order valence-electron chi connectivity index (χ1n) is 10.7. The summed E-state index contributed by atoms with van der Waals surface area (Å²) >= 11 is 0. The van der Waals surface area contributed by atoms with Gasteiger partial charge in [-0.15, -0.1) is 0 Å². The molecule has 1 aliphatic rings. The minimum absolute atomic E-state index is 0.0487. The van der Waals surface area contributed by atoms with Crippen molar-refractivity contribution in [3.8, 4) is 0 Å². The van der Waals surface area contributed by atoms with Crippen molar-refractivity contribution in [3.05, 3.63) is 36.0 Å². The molecular formula is C22H31N3O4S. The van der Waals surface area contributed by atoms with Crippen LogP contribution in [0.4, 0.5) is 0 Å².